The fraction of sp³-hybridized carbons (Fsp3) is 0.226. The van der Waals surface area contributed by atoms with Crippen LogP contribution in [0.4, 0.5) is 11.4 Å². The molecule has 5 aromatic rings. The van der Waals surface area contributed by atoms with E-state index >= 15 is 0 Å². The smallest absolute Gasteiger partial charge is 0.270 e. The van der Waals surface area contributed by atoms with Crippen molar-refractivity contribution in [1.82, 2.24) is 19.9 Å². The Balaban J connectivity index is 1.37. The van der Waals surface area contributed by atoms with E-state index in [-0.39, 0.29) is 11.6 Å². The van der Waals surface area contributed by atoms with Crippen LogP contribution >= 0.6 is 0 Å². The number of aliphatic imine (C=N–C) groups is 1. The third kappa shape index (κ3) is 5.37. The molecular weight excluding hydrogens is 504 g/mol. The summed E-state index contributed by atoms with van der Waals surface area (Å²) >= 11 is 0. The maximum absolute atomic E-state index is 11.5. The number of nitrogens with zero attached hydrogens (tertiary/aromatic N) is 4. The molecule has 9 nitrogen and oxygen atoms in total. The number of benzene rings is 3. The Bertz CT molecular complexity index is 1650. The van der Waals surface area contributed by atoms with E-state index < -0.39 is 4.92 Å². The van der Waals surface area contributed by atoms with Crippen molar-refractivity contribution >= 4 is 28.0 Å². The van der Waals surface area contributed by atoms with Crippen molar-refractivity contribution in [2.24, 2.45) is 4.99 Å². The second kappa shape index (κ2) is 11.2. The topological polar surface area (TPSA) is 123 Å². The average molecular weight is 535 g/mol. The highest BCUT2D eigenvalue weighted by Gasteiger charge is 2.21. The molecule has 3 N–H and O–H groups in total. The van der Waals surface area contributed by atoms with E-state index in [0.717, 1.165) is 36.2 Å². The molecule has 0 bridgehead atoms. The second-order valence-electron chi connectivity index (χ2n) is 10.2. The Hall–Kier alpha value is -4.76. The molecule has 1 saturated heterocycles. The van der Waals surface area contributed by atoms with Gasteiger partial charge in [0.1, 0.15) is 0 Å². The molecule has 0 amide bonds. The Morgan fingerprint density at radius 2 is 1.82 bits per heavy atom. The second-order valence-corrected chi connectivity index (χ2v) is 10.2. The molecular formula is C31H30N6O3. The van der Waals surface area contributed by atoms with E-state index in [9.17, 15) is 15.2 Å². The number of aryl methyl sites for hydroxylation is 1. The summed E-state index contributed by atoms with van der Waals surface area (Å²) in [6, 6.07) is 20.4. The van der Waals surface area contributed by atoms with Crippen LogP contribution in [0.3, 0.4) is 0 Å². The Kier molecular flexibility index (Phi) is 7.11. The van der Waals surface area contributed by atoms with Crippen LogP contribution in [0.15, 0.2) is 84.2 Å². The first-order chi connectivity index (χ1) is 19.5. The molecule has 0 unspecified atom stereocenters. The minimum Gasteiger partial charge on any atom is -0.494 e. The van der Waals surface area contributed by atoms with Crippen LogP contribution in [0.1, 0.15) is 36.0 Å². The van der Waals surface area contributed by atoms with Gasteiger partial charge < -0.3 is 20.0 Å². The normalized spacial score (nSPS) is 14.2. The van der Waals surface area contributed by atoms with E-state index in [0.29, 0.717) is 27.9 Å². The van der Waals surface area contributed by atoms with Crippen LogP contribution < -0.4 is 0 Å². The van der Waals surface area contributed by atoms with Gasteiger partial charge in [0, 0.05) is 28.6 Å². The summed E-state index contributed by atoms with van der Waals surface area (Å²) < 4.78 is 0. The van der Waals surface area contributed by atoms with Gasteiger partial charge in [-0.2, -0.15) is 0 Å². The first kappa shape index (κ1) is 25.5. The molecule has 9 heteroatoms. The van der Waals surface area contributed by atoms with Gasteiger partial charge in [-0.3, -0.25) is 10.1 Å². The maximum atomic E-state index is 11.5. The molecule has 3 heterocycles. The molecule has 0 saturated carbocycles. The van der Waals surface area contributed by atoms with E-state index in [1.807, 2.05) is 36.4 Å². The fourth-order valence-corrected chi connectivity index (χ4v) is 5.38. The number of rotatable bonds is 9. The van der Waals surface area contributed by atoms with Gasteiger partial charge in [-0.1, -0.05) is 36.4 Å². The van der Waals surface area contributed by atoms with Crippen molar-refractivity contribution in [3.63, 3.8) is 0 Å². The monoisotopic (exact) mass is 534 g/mol. The van der Waals surface area contributed by atoms with E-state index in [1.54, 1.807) is 18.6 Å². The predicted octanol–water partition coefficient (Wildman–Crippen LogP) is 6.37. The number of H-pyrrole nitrogens is 2. The number of imidazole rings is 1. The number of aromatic amines is 2. The molecule has 1 aliphatic rings. The number of aromatic nitrogens is 3. The third-order valence-corrected chi connectivity index (χ3v) is 7.49. The Labute approximate surface area is 231 Å². The number of aromatic hydroxyl groups is 1. The van der Waals surface area contributed by atoms with Crippen molar-refractivity contribution in [2.75, 3.05) is 19.6 Å². The van der Waals surface area contributed by atoms with Gasteiger partial charge in [-0.05, 0) is 74.6 Å². The third-order valence-electron chi connectivity index (χ3n) is 7.49. The van der Waals surface area contributed by atoms with Gasteiger partial charge in [0.25, 0.3) is 5.69 Å². The Morgan fingerprint density at radius 3 is 2.52 bits per heavy atom. The highest BCUT2D eigenvalue weighted by atomic mass is 16.6. The zero-order chi connectivity index (χ0) is 27.5. The molecule has 6 rings (SSSR count). The first-order valence-corrected chi connectivity index (χ1v) is 13.5. The van der Waals surface area contributed by atoms with Crippen LogP contribution in [-0.2, 0) is 6.42 Å². The lowest BCUT2D eigenvalue weighted by Crippen LogP contribution is -2.20. The summed E-state index contributed by atoms with van der Waals surface area (Å²) in [5.74, 6) is -0.0852. The van der Waals surface area contributed by atoms with E-state index in [2.05, 4.69) is 32.0 Å². The number of fused-ring (bicyclic) bond motifs is 1. The quantitative estimate of drug-likeness (QED) is 0.115. The summed E-state index contributed by atoms with van der Waals surface area (Å²) in [6.07, 6.45) is 8.08. The molecule has 0 aliphatic carbocycles. The lowest BCUT2D eigenvalue weighted by atomic mass is 9.98. The largest absolute Gasteiger partial charge is 0.494 e. The van der Waals surface area contributed by atoms with E-state index in [4.69, 9.17) is 4.99 Å². The number of hydrogen-bond acceptors (Lipinski definition) is 6. The number of nitrogens with one attached hydrogen (secondary N) is 2. The maximum Gasteiger partial charge on any atom is 0.270 e. The number of likely N-dealkylation sites (tertiary alicyclic amines) is 1. The van der Waals surface area contributed by atoms with Crippen LogP contribution in [0.25, 0.3) is 22.2 Å². The molecule has 3 aromatic carbocycles. The summed E-state index contributed by atoms with van der Waals surface area (Å²) in [5, 5.41) is 23.1. The summed E-state index contributed by atoms with van der Waals surface area (Å²) in [4.78, 5) is 28.7. The van der Waals surface area contributed by atoms with Gasteiger partial charge in [0.15, 0.2) is 5.88 Å². The van der Waals surface area contributed by atoms with Crippen molar-refractivity contribution in [3.05, 3.63) is 106 Å². The zero-order valence-corrected chi connectivity index (χ0v) is 22.0. The van der Waals surface area contributed by atoms with Gasteiger partial charge in [0.05, 0.1) is 40.1 Å². The van der Waals surface area contributed by atoms with Gasteiger partial charge in [-0.15, -0.1) is 0 Å². The molecule has 1 aliphatic heterocycles. The van der Waals surface area contributed by atoms with Crippen molar-refractivity contribution in [2.45, 2.75) is 25.7 Å². The van der Waals surface area contributed by atoms with Crippen LogP contribution in [-0.4, -0.2) is 55.2 Å². The highest BCUT2D eigenvalue weighted by molar-refractivity contribution is 6.22. The Morgan fingerprint density at radius 1 is 1.05 bits per heavy atom. The predicted molar refractivity (Wildman–Crippen MR) is 156 cm³/mol. The number of nitro groups is 1. The number of non-ortho nitro benzene ring substituents is 1. The molecule has 0 spiro atoms. The molecule has 2 aromatic heterocycles. The molecule has 0 radical (unpaired) electrons. The van der Waals surface area contributed by atoms with Crippen LogP contribution in [0.2, 0.25) is 0 Å². The molecule has 0 atom stereocenters. The van der Waals surface area contributed by atoms with E-state index in [1.165, 1.54) is 43.6 Å². The lowest BCUT2D eigenvalue weighted by Gasteiger charge is -2.14. The van der Waals surface area contributed by atoms with Gasteiger partial charge in [-0.25, -0.2) is 9.98 Å². The minimum absolute atomic E-state index is 0.0515. The summed E-state index contributed by atoms with van der Waals surface area (Å²) in [7, 11) is 0. The molecule has 202 valence electrons. The lowest BCUT2D eigenvalue weighted by molar-refractivity contribution is -0.384. The standard InChI is InChI=1S/C31H30N6O3/c38-31-29(26-18-25(37(39)40)13-14-27(26)35-31)30(34-24-11-9-22(10-12-24)28-19-32-20-33-28)23-7-5-21(6-8-23)4-3-17-36-15-1-2-16-36/h5-14,18-20,35,38H,1-4,15-17H2,(H,32,33). The van der Waals surface area contributed by atoms with Crippen LogP contribution in [0, 0.1) is 10.1 Å². The van der Waals surface area contributed by atoms with Gasteiger partial charge >= 0.3 is 0 Å². The van der Waals surface area contributed by atoms with Crippen molar-refractivity contribution < 1.29 is 10.0 Å². The van der Waals surface area contributed by atoms with Crippen molar-refractivity contribution in [1.29, 1.82) is 0 Å². The minimum atomic E-state index is -0.435. The zero-order valence-electron chi connectivity index (χ0n) is 22.0. The summed E-state index contributed by atoms with van der Waals surface area (Å²) in [6.45, 7) is 3.52. The average Bonchev–Trinajstić information content (AvgIpc) is 3.74. The first-order valence-electron chi connectivity index (χ1n) is 13.5. The summed E-state index contributed by atoms with van der Waals surface area (Å²) in [5.41, 5.74) is 6.11. The van der Waals surface area contributed by atoms with Gasteiger partial charge in [0.2, 0.25) is 0 Å². The molecule has 1 fully saturated rings. The molecule has 40 heavy (non-hydrogen) atoms. The number of hydrogen-bond donors (Lipinski definition) is 3. The highest BCUT2D eigenvalue weighted by Crippen LogP contribution is 2.34. The number of nitro benzene ring substituents is 1. The van der Waals surface area contributed by atoms with Crippen molar-refractivity contribution in [3.8, 4) is 17.1 Å². The SMILES string of the molecule is O=[N+]([O-])c1ccc2[nH]c(O)c(C(=Nc3ccc(-c4cnc[nH]4)cc3)c3ccc(CCCN4CCCC4)cc3)c2c1. The fourth-order valence-electron chi connectivity index (χ4n) is 5.38. The van der Waals surface area contributed by atoms with Crippen LogP contribution in [0.5, 0.6) is 5.88 Å².